The third kappa shape index (κ3) is 5.46. The smallest absolute Gasteiger partial charge is 0.227 e. The zero-order valence-electron chi connectivity index (χ0n) is 18.4. The van der Waals surface area contributed by atoms with Crippen LogP contribution < -0.4 is 14.2 Å². The van der Waals surface area contributed by atoms with Gasteiger partial charge in [0.2, 0.25) is 5.88 Å². The molecule has 0 saturated heterocycles. The van der Waals surface area contributed by atoms with Crippen LogP contribution in [0.5, 0.6) is 23.1 Å². The Morgan fingerprint density at radius 2 is 1.52 bits per heavy atom. The standard InChI is InChI=1S/C28H23NO4/c1-31-26-17-13-20(18-27(26)32-2)12-15-23(30)16-14-22-19-21-8-6-7-11-25(21)29-28(22)33-24-9-4-3-5-10-24/h3-19H,1-2H3/b15-12+,16-14+. The minimum atomic E-state index is -0.163. The maximum absolute atomic E-state index is 12.5. The molecule has 1 aromatic heterocycles. The lowest BCUT2D eigenvalue weighted by molar-refractivity contribution is -0.110. The summed E-state index contributed by atoms with van der Waals surface area (Å²) in [6.45, 7) is 0. The SMILES string of the molecule is COc1ccc(/C=C/C(=O)/C=C/c2cc3ccccc3nc2Oc2ccccc2)cc1OC. The highest BCUT2D eigenvalue weighted by Crippen LogP contribution is 2.29. The predicted octanol–water partition coefficient (Wildman–Crippen LogP) is 6.34. The first kappa shape index (κ1) is 21.8. The molecule has 164 valence electrons. The summed E-state index contributed by atoms with van der Waals surface area (Å²) in [6.07, 6.45) is 6.46. The number of nitrogens with zero attached hydrogens (tertiary/aromatic N) is 1. The molecule has 0 aliphatic rings. The summed E-state index contributed by atoms with van der Waals surface area (Å²) in [7, 11) is 3.16. The number of fused-ring (bicyclic) bond motifs is 1. The number of ether oxygens (including phenoxy) is 3. The molecule has 0 fully saturated rings. The first-order valence-corrected chi connectivity index (χ1v) is 10.4. The fraction of sp³-hybridized carbons (Fsp3) is 0.0714. The van der Waals surface area contributed by atoms with E-state index in [9.17, 15) is 4.79 Å². The summed E-state index contributed by atoms with van der Waals surface area (Å²) in [5.74, 6) is 2.19. The number of methoxy groups -OCH3 is 2. The molecule has 0 atom stereocenters. The number of aromatic nitrogens is 1. The van der Waals surface area contributed by atoms with Gasteiger partial charge in [-0.2, -0.15) is 0 Å². The molecule has 0 aliphatic carbocycles. The van der Waals surface area contributed by atoms with Crippen LogP contribution in [0, 0.1) is 0 Å². The minimum Gasteiger partial charge on any atom is -0.493 e. The average molecular weight is 437 g/mol. The van der Waals surface area contributed by atoms with Crippen LogP contribution in [0.25, 0.3) is 23.1 Å². The topological polar surface area (TPSA) is 57.7 Å². The Morgan fingerprint density at radius 3 is 2.30 bits per heavy atom. The van der Waals surface area contributed by atoms with Crippen LogP contribution in [0.3, 0.4) is 0 Å². The highest BCUT2D eigenvalue weighted by Gasteiger charge is 2.08. The van der Waals surface area contributed by atoms with Crippen molar-refractivity contribution in [3.63, 3.8) is 0 Å². The predicted molar refractivity (Wildman–Crippen MR) is 131 cm³/mol. The van der Waals surface area contributed by atoms with Gasteiger partial charge in [-0.15, -0.1) is 0 Å². The monoisotopic (exact) mass is 437 g/mol. The largest absolute Gasteiger partial charge is 0.493 e. The summed E-state index contributed by atoms with van der Waals surface area (Å²) in [5, 5.41) is 0.964. The fourth-order valence-electron chi connectivity index (χ4n) is 3.28. The molecule has 0 saturated carbocycles. The summed E-state index contributed by atoms with van der Waals surface area (Å²) < 4.78 is 16.6. The number of para-hydroxylation sites is 2. The molecule has 0 bridgehead atoms. The molecule has 0 radical (unpaired) electrons. The maximum Gasteiger partial charge on any atom is 0.227 e. The third-order valence-corrected chi connectivity index (χ3v) is 4.95. The Kier molecular flexibility index (Phi) is 6.81. The number of carbonyl (C=O) groups excluding carboxylic acids is 1. The molecule has 0 amide bonds. The number of rotatable bonds is 8. The van der Waals surface area contributed by atoms with Crippen LogP contribution in [0.2, 0.25) is 0 Å². The van der Waals surface area contributed by atoms with E-state index in [4.69, 9.17) is 14.2 Å². The Morgan fingerprint density at radius 1 is 0.788 bits per heavy atom. The van der Waals surface area contributed by atoms with E-state index in [2.05, 4.69) is 4.98 Å². The van der Waals surface area contributed by atoms with Crippen molar-refractivity contribution in [2.75, 3.05) is 14.2 Å². The van der Waals surface area contributed by atoms with E-state index >= 15 is 0 Å². The van der Waals surface area contributed by atoms with Gasteiger partial charge in [0.25, 0.3) is 0 Å². The molecule has 1 heterocycles. The van der Waals surface area contributed by atoms with Crippen LogP contribution in [-0.2, 0) is 4.79 Å². The van der Waals surface area contributed by atoms with E-state index in [1.54, 1.807) is 32.4 Å². The van der Waals surface area contributed by atoms with Crippen molar-refractivity contribution >= 4 is 28.8 Å². The van der Waals surface area contributed by atoms with Gasteiger partial charge in [0.15, 0.2) is 17.3 Å². The molecule has 5 heteroatoms. The van der Waals surface area contributed by atoms with Crippen LogP contribution in [0.15, 0.2) is 91.0 Å². The van der Waals surface area contributed by atoms with Crippen molar-refractivity contribution in [3.8, 4) is 23.1 Å². The fourth-order valence-corrected chi connectivity index (χ4v) is 3.28. The molecule has 4 rings (SSSR count). The zero-order chi connectivity index (χ0) is 23.0. The maximum atomic E-state index is 12.5. The summed E-state index contributed by atoms with van der Waals surface area (Å²) >= 11 is 0. The number of carbonyl (C=O) groups is 1. The van der Waals surface area contributed by atoms with E-state index < -0.39 is 0 Å². The minimum absolute atomic E-state index is 0.163. The van der Waals surface area contributed by atoms with E-state index in [1.165, 1.54) is 12.2 Å². The molecule has 33 heavy (non-hydrogen) atoms. The van der Waals surface area contributed by atoms with Crippen molar-refractivity contribution < 1.29 is 19.0 Å². The molecule has 0 unspecified atom stereocenters. The lowest BCUT2D eigenvalue weighted by atomic mass is 10.1. The number of hydrogen-bond acceptors (Lipinski definition) is 5. The highest BCUT2D eigenvalue weighted by molar-refractivity contribution is 6.04. The molecule has 5 nitrogen and oxygen atoms in total. The van der Waals surface area contributed by atoms with Gasteiger partial charge in [-0.1, -0.05) is 48.5 Å². The lowest BCUT2D eigenvalue weighted by Crippen LogP contribution is -1.93. The van der Waals surface area contributed by atoms with Gasteiger partial charge in [-0.25, -0.2) is 4.98 Å². The second-order valence-electron chi connectivity index (χ2n) is 7.17. The second kappa shape index (κ2) is 10.3. The molecule has 0 N–H and O–H groups in total. The van der Waals surface area contributed by atoms with E-state index in [-0.39, 0.29) is 5.78 Å². The van der Waals surface area contributed by atoms with Gasteiger partial charge in [0.05, 0.1) is 19.7 Å². The molecule has 0 spiro atoms. The van der Waals surface area contributed by atoms with Crippen LogP contribution >= 0.6 is 0 Å². The summed E-state index contributed by atoms with van der Waals surface area (Å²) in [6, 6.07) is 24.7. The first-order chi connectivity index (χ1) is 16.2. The molecule has 3 aromatic carbocycles. The number of ketones is 1. The number of allylic oxidation sites excluding steroid dienone is 2. The van der Waals surface area contributed by atoms with Crippen LogP contribution in [0.1, 0.15) is 11.1 Å². The summed E-state index contributed by atoms with van der Waals surface area (Å²) in [5.41, 5.74) is 2.36. The number of pyridine rings is 1. The van der Waals surface area contributed by atoms with E-state index in [1.807, 2.05) is 72.8 Å². The molecule has 4 aromatic rings. The van der Waals surface area contributed by atoms with Gasteiger partial charge < -0.3 is 14.2 Å². The van der Waals surface area contributed by atoms with E-state index in [0.29, 0.717) is 28.7 Å². The molecule has 0 aliphatic heterocycles. The first-order valence-electron chi connectivity index (χ1n) is 10.4. The highest BCUT2D eigenvalue weighted by atomic mass is 16.5. The van der Waals surface area contributed by atoms with Gasteiger partial charge in [-0.3, -0.25) is 4.79 Å². The van der Waals surface area contributed by atoms with Crippen molar-refractivity contribution in [3.05, 3.63) is 102 Å². The summed E-state index contributed by atoms with van der Waals surface area (Å²) in [4.78, 5) is 17.2. The quantitative estimate of drug-likeness (QED) is 0.301. The van der Waals surface area contributed by atoms with E-state index in [0.717, 1.165) is 16.5 Å². The van der Waals surface area contributed by atoms with Gasteiger partial charge >= 0.3 is 0 Å². The van der Waals surface area contributed by atoms with Gasteiger partial charge in [-0.05, 0) is 60.2 Å². The second-order valence-corrected chi connectivity index (χ2v) is 7.17. The van der Waals surface area contributed by atoms with Crippen molar-refractivity contribution in [2.24, 2.45) is 0 Å². The van der Waals surface area contributed by atoms with Crippen molar-refractivity contribution in [1.82, 2.24) is 4.98 Å². The Hall–Kier alpha value is -4.38. The third-order valence-electron chi connectivity index (χ3n) is 4.95. The number of benzene rings is 3. The Labute approximate surface area is 192 Å². The Balaban J connectivity index is 1.58. The average Bonchev–Trinajstić information content (AvgIpc) is 2.86. The van der Waals surface area contributed by atoms with Crippen molar-refractivity contribution in [1.29, 1.82) is 0 Å². The Bertz CT molecular complexity index is 1330. The molecular weight excluding hydrogens is 414 g/mol. The normalized spacial score (nSPS) is 11.2. The van der Waals surface area contributed by atoms with Gasteiger partial charge in [0.1, 0.15) is 5.75 Å². The van der Waals surface area contributed by atoms with Gasteiger partial charge in [0, 0.05) is 10.9 Å². The number of hydrogen-bond donors (Lipinski definition) is 0. The lowest BCUT2D eigenvalue weighted by Gasteiger charge is -2.09. The van der Waals surface area contributed by atoms with Crippen LogP contribution in [0.4, 0.5) is 0 Å². The zero-order valence-corrected chi connectivity index (χ0v) is 18.4. The molecular formula is C28H23NO4. The van der Waals surface area contributed by atoms with Crippen molar-refractivity contribution in [2.45, 2.75) is 0 Å². The van der Waals surface area contributed by atoms with Crippen LogP contribution in [-0.4, -0.2) is 25.0 Å².